The Morgan fingerprint density at radius 1 is 1.16 bits per heavy atom. The van der Waals surface area contributed by atoms with E-state index in [0.717, 1.165) is 48.2 Å². The van der Waals surface area contributed by atoms with Gasteiger partial charge in [-0.15, -0.1) is 11.3 Å². The average molecular weight is 446 g/mol. The number of aliphatic hydroxyl groups is 2. The number of anilines is 1. The van der Waals surface area contributed by atoms with Gasteiger partial charge in [-0.1, -0.05) is 38.3 Å². The molecule has 1 aromatic heterocycles. The van der Waals surface area contributed by atoms with Crippen LogP contribution in [0.5, 0.6) is 0 Å². The van der Waals surface area contributed by atoms with E-state index >= 15 is 0 Å². The van der Waals surface area contributed by atoms with Crippen LogP contribution in [-0.4, -0.2) is 39.3 Å². The van der Waals surface area contributed by atoms with Crippen molar-refractivity contribution in [3.63, 3.8) is 0 Å². The lowest BCUT2D eigenvalue weighted by atomic mass is 10.0. The molecule has 31 heavy (non-hydrogen) atoms. The highest BCUT2D eigenvalue weighted by Crippen LogP contribution is 2.32. The number of hydrogen-bond acceptors (Lipinski definition) is 5. The summed E-state index contributed by atoms with van der Waals surface area (Å²) in [6, 6.07) is 10.6. The zero-order valence-corrected chi connectivity index (χ0v) is 18.7. The van der Waals surface area contributed by atoms with Crippen molar-refractivity contribution >= 4 is 28.9 Å². The molecule has 1 aliphatic rings. The third-order valence-electron chi connectivity index (χ3n) is 5.86. The molecule has 0 spiro atoms. The summed E-state index contributed by atoms with van der Waals surface area (Å²) in [7, 11) is 0. The number of carboxylic acid groups (broad SMARTS) is 1. The number of aliphatic hydroxyl groups excluding tert-OH is 2. The van der Waals surface area contributed by atoms with Gasteiger partial charge in [0.05, 0.1) is 24.7 Å². The van der Waals surface area contributed by atoms with Crippen LogP contribution in [0.4, 0.5) is 5.69 Å². The van der Waals surface area contributed by atoms with Crippen molar-refractivity contribution in [1.82, 2.24) is 0 Å². The van der Waals surface area contributed by atoms with Gasteiger partial charge in [-0.25, -0.2) is 4.79 Å². The van der Waals surface area contributed by atoms with E-state index < -0.39 is 18.2 Å². The van der Waals surface area contributed by atoms with E-state index in [9.17, 15) is 19.8 Å². The number of carbonyl (C=O) groups is 2. The minimum atomic E-state index is -0.918. The van der Waals surface area contributed by atoms with E-state index in [4.69, 9.17) is 5.11 Å². The molecular weight excluding hydrogens is 414 g/mol. The van der Waals surface area contributed by atoms with E-state index in [1.54, 1.807) is 11.0 Å². The summed E-state index contributed by atoms with van der Waals surface area (Å²) in [5.41, 5.74) is 1.58. The first-order chi connectivity index (χ1) is 14.9. The van der Waals surface area contributed by atoms with Crippen molar-refractivity contribution in [2.24, 2.45) is 0 Å². The standard InChI is InChI=1S/C24H31NO5S/c1-2-3-4-8-20(26)16-9-11-17(12-10-16)25-19(21(27)15-23(25)28)7-5-6-18-13-14-22(31-18)24(29)30/h9-14,19-21,26-27H,2-8,15H2,1H3,(H,29,30)/t19-,20?,21?/m0/s1. The quantitative estimate of drug-likeness (QED) is 0.441. The van der Waals surface area contributed by atoms with Crippen LogP contribution in [-0.2, 0) is 11.2 Å². The van der Waals surface area contributed by atoms with Gasteiger partial charge in [0.15, 0.2) is 0 Å². The molecule has 1 aromatic carbocycles. The van der Waals surface area contributed by atoms with Crippen LogP contribution in [0.25, 0.3) is 0 Å². The third kappa shape index (κ3) is 5.93. The maximum atomic E-state index is 12.6. The van der Waals surface area contributed by atoms with E-state index in [1.165, 1.54) is 11.3 Å². The summed E-state index contributed by atoms with van der Waals surface area (Å²) >= 11 is 1.27. The molecule has 2 unspecified atom stereocenters. The van der Waals surface area contributed by atoms with Crippen LogP contribution in [0.3, 0.4) is 0 Å². The van der Waals surface area contributed by atoms with Gasteiger partial charge in [0.25, 0.3) is 0 Å². The van der Waals surface area contributed by atoms with Crippen LogP contribution in [0.1, 0.15) is 78.1 Å². The van der Waals surface area contributed by atoms with Crippen LogP contribution in [0, 0.1) is 0 Å². The number of carboxylic acids is 1. The number of aromatic carboxylic acids is 1. The van der Waals surface area contributed by atoms with Crippen LogP contribution in [0.2, 0.25) is 0 Å². The predicted molar refractivity (Wildman–Crippen MR) is 122 cm³/mol. The second kappa shape index (κ2) is 10.9. The molecule has 1 amide bonds. The van der Waals surface area contributed by atoms with E-state index in [-0.39, 0.29) is 18.4 Å². The Bertz CT molecular complexity index is 878. The number of amides is 1. The maximum Gasteiger partial charge on any atom is 0.345 e. The van der Waals surface area contributed by atoms with Crippen LogP contribution < -0.4 is 4.90 Å². The fourth-order valence-electron chi connectivity index (χ4n) is 4.15. The first-order valence-electron chi connectivity index (χ1n) is 11.0. The van der Waals surface area contributed by atoms with Gasteiger partial charge < -0.3 is 20.2 Å². The van der Waals surface area contributed by atoms with Crippen molar-refractivity contribution in [3.05, 3.63) is 51.7 Å². The highest BCUT2D eigenvalue weighted by atomic mass is 32.1. The summed E-state index contributed by atoms with van der Waals surface area (Å²) in [4.78, 5) is 26.6. The smallest absolute Gasteiger partial charge is 0.345 e. The normalized spacial score (nSPS) is 19.7. The van der Waals surface area contributed by atoms with Gasteiger partial charge >= 0.3 is 5.97 Å². The molecule has 3 rings (SSSR count). The Labute approximate surface area is 187 Å². The number of aryl methyl sites for hydroxylation is 1. The number of carbonyl (C=O) groups excluding carboxylic acids is 1. The minimum absolute atomic E-state index is 0.0990. The fourth-order valence-corrected chi connectivity index (χ4v) is 5.04. The van der Waals surface area contributed by atoms with Gasteiger partial charge in [0.1, 0.15) is 4.88 Å². The Morgan fingerprint density at radius 2 is 1.90 bits per heavy atom. The summed E-state index contributed by atoms with van der Waals surface area (Å²) in [5, 5.41) is 29.9. The molecule has 2 heterocycles. The zero-order chi connectivity index (χ0) is 22.4. The third-order valence-corrected chi connectivity index (χ3v) is 6.99. The number of thiophene rings is 1. The van der Waals surface area contributed by atoms with Crippen molar-refractivity contribution in [3.8, 4) is 0 Å². The van der Waals surface area contributed by atoms with Gasteiger partial charge in [0, 0.05) is 10.6 Å². The number of benzene rings is 1. The monoisotopic (exact) mass is 445 g/mol. The van der Waals surface area contributed by atoms with Gasteiger partial charge in [-0.05, 0) is 55.5 Å². The SMILES string of the molecule is CCCCCC(O)c1ccc(N2C(=O)CC(O)[C@@H]2CCCc2ccc(C(=O)O)s2)cc1. The molecule has 0 radical (unpaired) electrons. The maximum absolute atomic E-state index is 12.6. The lowest BCUT2D eigenvalue weighted by Gasteiger charge is -2.27. The molecule has 0 saturated carbocycles. The van der Waals surface area contributed by atoms with Crippen molar-refractivity contribution < 1.29 is 24.9 Å². The average Bonchev–Trinajstić information content (AvgIpc) is 3.33. The number of rotatable bonds is 11. The lowest BCUT2D eigenvalue weighted by Crippen LogP contribution is -2.37. The summed E-state index contributed by atoms with van der Waals surface area (Å²) < 4.78 is 0. The molecule has 2 aromatic rings. The number of hydrogen-bond donors (Lipinski definition) is 3. The van der Waals surface area contributed by atoms with Gasteiger partial charge in [0.2, 0.25) is 5.91 Å². The molecule has 1 fully saturated rings. The molecule has 0 bridgehead atoms. The van der Waals surface area contributed by atoms with E-state index in [0.29, 0.717) is 17.7 Å². The Balaban J connectivity index is 1.61. The first-order valence-corrected chi connectivity index (χ1v) is 11.8. The van der Waals surface area contributed by atoms with Crippen molar-refractivity contribution in [2.45, 2.75) is 76.5 Å². The second-order valence-corrected chi connectivity index (χ2v) is 9.34. The highest BCUT2D eigenvalue weighted by Gasteiger charge is 2.39. The van der Waals surface area contributed by atoms with Gasteiger partial charge in [-0.2, -0.15) is 0 Å². The first kappa shape index (κ1) is 23.4. The number of nitrogens with zero attached hydrogens (tertiary/aromatic N) is 1. The summed E-state index contributed by atoms with van der Waals surface area (Å²) in [6.45, 7) is 2.13. The van der Waals surface area contributed by atoms with Crippen LogP contribution >= 0.6 is 11.3 Å². The number of unbranched alkanes of at least 4 members (excludes halogenated alkanes) is 2. The Morgan fingerprint density at radius 3 is 2.55 bits per heavy atom. The Hall–Kier alpha value is -2.22. The largest absolute Gasteiger partial charge is 0.477 e. The molecule has 3 N–H and O–H groups in total. The molecule has 7 heteroatoms. The minimum Gasteiger partial charge on any atom is -0.477 e. The Kier molecular flexibility index (Phi) is 8.23. The topological polar surface area (TPSA) is 98.1 Å². The molecule has 0 aliphatic carbocycles. The second-order valence-electron chi connectivity index (χ2n) is 8.17. The zero-order valence-electron chi connectivity index (χ0n) is 17.9. The van der Waals surface area contributed by atoms with Crippen LogP contribution in [0.15, 0.2) is 36.4 Å². The molecular formula is C24H31NO5S. The molecule has 1 saturated heterocycles. The lowest BCUT2D eigenvalue weighted by molar-refractivity contribution is -0.117. The van der Waals surface area contributed by atoms with E-state index in [2.05, 4.69) is 6.92 Å². The van der Waals surface area contributed by atoms with Gasteiger partial charge in [-0.3, -0.25) is 4.79 Å². The molecule has 3 atom stereocenters. The molecule has 6 nitrogen and oxygen atoms in total. The fraction of sp³-hybridized carbons (Fsp3) is 0.500. The highest BCUT2D eigenvalue weighted by molar-refractivity contribution is 7.13. The van der Waals surface area contributed by atoms with Crippen molar-refractivity contribution in [2.75, 3.05) is 4.90 Å². The summed E-state index contributed by atoms with van der Waals surface area (Å²) in [5.74, 6) is -1.02. The predicted octanol–water partition coefficient (Wildman–Crippen LogP) is 4.55. The van der Waals surface area contributed by atoms with E-state index in [1.807, 2.05) is 30.3 Å². The molecule has 168 valence electrons. The van der Waals surface area contributed by atoms with Crippen molar-refractivity contribution in [1.29, 1.82) is 0 Å². The summed E-state index contributed by atoms with van der Waals surface area (Å²) in [6.07, 6.45) is 4.90. The molecule has 1 aliphatic heterocycles.